The molecule has 1 aliphatic heterocycles. The molecule has 0 amide bonds. The van der Waals surface area contributed by atoms with Crippen LogP contribution in [0.15, 0.2) is 35.2 Å². The maximum absolute atomic E-state index is 12.7. The molecule has 1 aromatic rings. The van der Waals surface area contributed by atoms with Gasteiger partial charge in [-0.3, -0.25) is 4.21 Å². The van der Waals surface area contributed by atoms with Crippen molar-refractivity contribution in [2.24, 2.45) is 0 Å². The molecule has 0 saturated carbocycles. The Morgan fingerprint density at radius 3 is 2.32 bits per heavy atom. The summed E-state index contributed by atoms with van der Waals surface area (Å²) in [4.78, 5) is 0.591. The molecule has 0 aliphatic carbocycles. The lowest BCUT2D eigenvalue weighted by molar-refractivity contribution is -0.223. The second kappa shape index (κ2) is 8.14. The van der Waals surface area contributed by atoms with Crippen molar-refractivity contribution >= 4 is 10.8 Å². The summed E-state index contributed by atoms with van der Waals surface area (Å²) < 4.78 is 34.4. The standard InChI is InChI=1S/C15H22O6S/c1-18-9-11-13(19-2)14(20-3)12(16)15(21-11)22(17)10-7-5-4-6-8-10/h4-8,11-16H,9H2,1-3H3/t11-,12-,13-,14-,15+,22?/m1/s1. The highest BCUT2D eigenvalue weighted by Gasteiger charge is 2.48. The summed E-state index contributed by atoms with van der Waals surface area (Å²) in [5.74, 6) is 0. The molecule has 1 N–H and O–H groups in total. The van der Waals surface area contributed by atoms with E-state index in [4.69, 9.17) is 18.9 Å². The first kappa shape index (κ1) is 17.5. The summed E-state index contributed by atoms with van der Waals surface area (Å²) in [6.45, 7) is 0.258. The summed E-state index contributed by atoms with van der Waals surface area (Å²) >= 11 is 0. The lowest BCUT2D eigenvalue weighted by Gasteiger charge is -2.42. The largest absolute Gasteiger partial charge is 0.387 e. The summed E-state index contributed by atoms with van der Waals surface area (Å²) in [6, 6.07) is 8.90. The number of rotatable bonds is 6. The fourth-order valence-electron chi connectivity index (χ4n) is 2.61. The van der Waals surface area contributed by atoms with Gasteiger partial charge < -0.3 is 24.1 Å². The molecule has 1 aliphatic rings. The highest BCUT2D eigenvalue weighted by molar-refractivity contribution is 7.85. The van der Waals surface area contributed by atoms with Gasteiger partial charge in [0.2, 0.25) is 0 Å². The van der Waals surface area contributed by atoms with Crippen LogP contribution in [0.5, 0.6) is 0 Å². The molecule has 22 heavy (non-hydrogen) atoms. The van der Waals surface area contributed by atoms with Gasteiger partial charge >= 0.3 is 0 Å². The quantitative estimate of drug-likeness (QED) is 0.821. The normalized spacial score (nSPS) is 33.5. The minimum absolute atomic E-state index is 0.258. The van der Waals surface area contributed by atoms with Crippen molar-refractivity contribution in [3.8, 4) is 0 Å². The Labute approximate surface area is 132 Å². The van der Waals surface area contributed by atoms with Gasteiger partial charge in [-0.15, -0.1) is 0 Å². The number of hydrogen-bond acceptors (Lipinski definition) is 6. The number of aliphatic hydroxyl groups excluding tert-OH is 1. The molecule has 1 aromatic carbocycles. The molecule has 0 bridgehead atoms. The van der Waals surface area contributed by atoms with E-state index in [0.29, 0.717) is 4.90 Å². The van der Waals surface area contributed by atoms with Crippen LogP contribution in [0.2, 0.25) is 0 Å². The van der Waals surface area contributed by atoms with E-state index in [1.807, 2.05) is 6.07 Å². The van der Waals surface area contributed by atoms with Crippen LogP contribution < -0.4 is 0 Å². The van der Waals surface area contributed by atoms with Crippen molar-refractivity contribution in [2.45, 2.75) is 34.7 Å². The zero-order chi connectivity index (χ0) is 16.1. The van der Waals surface area contributed by atoms with Gasteiger partial charge in [0, 0.05) is 26.2 Å². The predicted octanol–water partition coefficient (Wildman–Crippen LogP) is 0.556. The van der Waals surface area contributed by atoms with Crippen molar-refractivity contribution in [3.05, 3.63) is 30.3 Å². The van der Waals surface area contributed by atoms with Crippen molar-refractivity contribution in [3.63, 3.8) is 0 Å². The van der Waals surface area contributed by atoms with E-state index in [1.54, 1.807) is 31.4 Å². The predicted molar refractivity (Wildman–Crippen MR) is 81.0 cm³/mol. The summed E-state index contributed by atoms with van der Waals surface area (Å²) in [7, 11) is 3.02. The average molecular weight is 330 g/mol. The molecule has 6 atom stereocenters. The molecule has 0 radical (unpaired) electrons. The van der Waals surface area contributed by atoms with Gasteiger partial charge in [0.1, 0.15) is 24.4 Å². The van der Waals surface area contributed by atoms with Gasteiger partial charge in [-0.05, 0) is 12.1 Å². The third-order valence-corrected chi connectivity index (χ3v) is 5.23. The zero-order valence-corrected chi connectivity index (χ0v) is 13.7. The van der Waals surface area contributed by atoms with Gasteiger partial charge in [-0.2, -0.15) is 0 Å². The van der Waals surface area contributed by atoms with Crippen LogP contribution in [0.3, 0.4) is 0 Å². The minimum atomic E-state index is -1.53. The molecular weight excluding hydrogens is 308 g/mol. The lowest BCUT2D eigenvalue weighted by atomic mass is 10.00. The Balaban J connectivity index is 2.25. The van der Waals surface area contributed by atoms with Crippen molar-refractivity contribution in [2.75, 3.05) is 27.9 Å². The molecule has 6 nitrogen and oxygen atoms in total. The van der Waals surface area contributed by atoms with E-state index in [2.05, 4.69) is 0 Å². The van der Waals surface area contributed by atoms with E-state index in [9.17, 15) is 9.32 Å². The Morgan fingerprint density at radius 2 is 1.77 bits per heavy atom. The Kier molecular flexibility index (Phi) is 6.49. The molecule has 0 spiro atoms. The molecular formula is C15H22O6S. The molecule has 2 rings (SSSR count). The number of benzene rings is 1. The summed E-state index contributed by atoms with van der Waals surface area (Å²) in [6.07, 6.45) is -2.68. The van der Waals surface area contributed by atoms with Crippen LogP contribution in [0, 0.1) is 0 Å². The van der Waals surface area contributed by atoms with E-state index in [-0.39, 0.29) is 6.61 Å². The van der Waals surface area contributed by atoms with Crippen LogP contribution in [-0.4, -0.2) is 67.1 Å². The first-order valence-corrected chi connectivity index (χ1v) is 8.19. The number of hydrogen-bond donors (Lipinski definition) is 1. The van der Waals surface area contributed by atoms with E-state index >= 15 is 0 Å². The molecule has 7 heteroatoms. The van der Waals surface area contributed by atoms with E-state index in [1.165, 1.54) is 14.2 Å². The Morgan fingerprint density at radius 1 is 1.14 bits per heavy atom. The molecule has 1 saturated heterocycles. The summed E-state index contributed by atoms with van der Waals surface area (Å²) in [5.41, 5.74) is -0.904. The van der Waals surface area contributed by atoms with E-state index in [0.717, 1.165) is 0 Å². The molecule has 124 valence electrons. The first-order chi connectivity index (χ1) is 10.6. The zero-order valence-electron chi connectivity index (χ0n) is 12.9. The first-order valence-electron chi connectivity index (χ1n) is 6.97. The van der Waals surface area contributed by atoms with Gasteiger partial charge in [0.15, 0.2) is 5.44 Å². The van der Waals surface area contributed by atoms with Crippen LogP contribution in [0.4, 0.5) is 0 Å². The maximum atomic E-state index is 12.7. The number of ether oxygens (including phenoxy) is 4. The van der Waals surface area contributed by atoms with Crippen molar-refractivity contribution < 1.29 is 28.3 Å². The fraction of sp³-hybridized carbons (Fsp3) is 0.600. The van der Waals surface area contributed by atoms with Gasteiger partial charge in [-0.1, -0.05) is 18.2 Å². The fourth-order valence-corrected chi connectivity index (χ4v) is 3.96. The number of methoxy groups -OCH3 is 3. The van der Waals surface area contributed by atoms with Crippen LogP contribution in [0.25, 0.3) is 0 Å². The summed E-state index contributed by atoms with van der Waals surface area (Å²) in [5, 5.41) is 10.5. The third-order valence-electron chi connectivity index (χ3n) is 3.68. The highest BCUT2D eigenvalue weighted by Crippen LogP contribution is 2.29. The second-order valence-electron chi connectivity index (χ2n) is 5.00. The topological polar surface area (TPSA) is 74.2 Å². The van der Waals surface area contributed by atoms with Gasteiger partial charge in [0.25, 0.3) is 0 Å². The van der Waals surface area contributed by atoms with E-state index < -0.39 is 40.7 Å². The third kappa shape index (κ3) is 3.56. The monoisotopic (exact) mass is 330 g/mol. The minimum Gasteiger partial charge on any atom is -0.387 e. The Hall–Kier alpha value is -0.830. The van der Waals surface area contributed by atoms with Crippen molar-refractivity contribution in [1.29, 1.82) is 0 Å². The average Bonchev–Trinajstić information content (AvgIpc) is 2.56. The SMILES string of the molecule is COC[C@H]1O[C@@H](S(=O)c2ccccc2)[C@H](O)[C@@H](OC)[C@@H]1OC. The maximum Gasteiger partial charge on any atom is 0.166 e. The smallest absolute Gasteiger partial charge is 0.166 e. The van der Waals surface area contributed by atoms with Crippen LogP contribution in [0.1, 0.15) is 0 Å². The molecule has 1 unspecified atom stereocenters. The Bertz CT molecular complexity index is 482. The molecule has 1 fully saturated rings. The van der Waals surface area contributed by atoms with Crippen LogP contribution >= 0.6 is 0 Å². The second-order valence-corrected chi connectivity index (χ2v) is 6.53. The highest BCUT2D eigenvalue weighted by atomic mass is 32.2. The molecule has 1 heterocycles. The number of aliphatic hydroxyl groups is 1. The van der Waals surface area contributed by atoms with Gasteiger partial charge in [-0.25, -0.2) is 0 Å². The lowest BCUT2D eigenvalue weighted by Crippen LogP contribution is -2.60. The van der Waals surface area contributed by atoms with Crippen molar-refractivity contribution in [1.82, 2.24) is 0 Å². The molecule has 0 aromatic heterocycles. The van der Waals surface area contributed by atoms with Crippen LogP contribution in [-0.2, 0) is 29.7 Å². The van der Waals surface area contributed by atoms with Gasteiger partial charge in [0.05, 0.1) is 17.4 Å².